The van der Waals surface area contributed by atoms with Gasteiger partial charge in [-0.3, -0.25) is 10.1 Å². The summed E-state index contributed by atoms with van der Waals surface area (Å²) in [4.78, 5) is 10.6. The molecule has 0 amide bonds. The number of benzene rings is 1. The summed E-state index contributed by atoms with van der Waals surface area (Å²) in [5.41, 5.74) is 1.97. The highest BCUT2D eigenvalue weighted by molar-refractivity contribution is 6.35. The highest BCUT2D eigenvalue weighted by Gasteiger charge is 2.28. The molecule has 0 aliphatic rings. The zero-order valence-corrected chi connectivity index (χ0v) is 12.4. The average Bonchev–Trinajstić information content (AvgIpc) is 2.66. The normalized spacial score (nSPS) is 12.4. The molecule has 0 unspecified atom stereocenters. The summed E-state index contributed by atoms with van der Waals surface area (Å²) in [5.74, 6) is 0.0429. The van der Waals surface area contributed by atoms with E-state index in [1.165, 1.54) is 0 Å². The molecule has 106 valence electrons. The summed E-state index contributed by atoms with van der Waals surface area (Å²) in [6, 6.07) is 4.93. The minimum atomic E-state index is -0.513. The SMILES string of the molecule is Cc1noc(C)c1[C@@H](C[N+](=O)[O-])c1ccc(Cl)cc1Cl. The zero-order valence-electron chi connectivity index (χ0n) is 10.9. The van der Waals surface area contributed by atoms with Crippen LogP contribution in [0.3, 0.4) is 0 Å². The van der Waals surface area contributed by atoms with Crippen molar-refractivity contribution in [3.05, 3.63) is 60.9 Å². The molecule has 0 spiro atoms. The maximum absolute atomic E-state index is 11.0. The van der Waals surface area contributed by atoms with E-state index in [-0.39, 0.29) is 11.5 Å². The summed E-state index contributed by atoms with van der Waals surface area (Å²) in [6.45, 7) is 3.19. The molecule has 20 heavy (non-hydrogen) atoms. The molecular weight excluding hydrogens is 303 g/mol. The molecule has 0 saturated heterocycles. The van der Waals surface area contributed by atoms with Crippen molar-refractivity contribution in [2.24, 2.45) is 0 Å². The summed E-state index contributed by atoms with van der Waals surface area (Å²) in [6.07, 6.45) is 0. The molecule has 0 radical (unpaired) electrons. The maximum atomic E-state index is 11.0. The van der Waals surface area contributed by atoms with Gasteiger partial charge in [0.2, 0.25) is 6.54 Å². The van der Waals surface area contributed by atoms with E-state index in [0.29, 0.717) is 32.6 Å². The number of hydrogen-bond donors (Lipinski definition) is 0. The Hall–Kier alpha value is -1.59. The number of nitrogens with zero attached hydrogens (tertiary/aromatic N) is 2. The van der Waals surface area contributed by atoms with E-state index in [1.807, 2.05) is 0 Å². The van der Waals surface area contributed by atoms with Crippen LogP contribution in [-0.4, -0.2) is 16.6 Å². The van der Waals surface area contributed by atoms with Crippen molar-refractivity contribution in [3.8, 4) is 0 Å². The average molecular weight is 315 g/mol. The molecule has 5 nitrogen and oxygen atoms in total. The monoisotopic (exact) mass is 314 g/mol. The quantitative estimate of drug-likeness (QED) is 0.631. The van der Waals surface area contributed by atoms with Gasteiger partial charge in [-0.1, -0.05) is 34.4 Å². The van der Waals surface area contributed by atoms with E-state index in [2.05, 4.69) is 5.16 Å². The van der Waals surface area contributed by atoms with Crippen molar-refractivity contribution >= 4 is 23.2 Å². The Kier molecular flexibility index (Phi) is 4.30. The van der Waals surface area contributed by atoms with Gasteiger partial charge in [0.1, 0.15) is 5.76 Å². The number of rotatable bonds is 4. The first kappa shape index (κ1) is 14.8. The van der Waals surface area contributed by atoms with Crippen LogP contribution in [0.15, 0.2) is 22.7 Å². The molecule has 0 N–H and O–H groups in total. The molecule has 1 aromatic carbocycles. The third-order valence-electron chi connectivity index (χ3n) is 3.11. The van der Waals surface area contributed by atoms with Gasteiger partial charge in [-0.25, -0.2) is 0 Å². The number of hydrogen-bond acceptors (Lipinski definition) is 4. The second kappa shape index (κ2) is 5.81. The molecular formula is C13H12Cl2N2O3. The number of aryl methyl sites for hydroxylation is 2. The van der Waals surface area contributed by atoms with Gasteiger partial charge in [0.25, 0.3) is 0 Å². The Morgan fingerprint density at radius 1 is 1.40 bits per heavy atom. The largest absolute Gasteiger partial charge is 0.361 e. The van der Waals surface area contributed by atoms with Crippen LogP contribution in [0.1, 0.15) is 28.5 Å². The van der Waals surface area contributed by atoms with Crippen molar-refractivity contribution < 1.29 is 9.45 Å². The fourth-order valence-electron chi connectivity index (χ4n) is 2.27. The second-order valence-corrected chi connectivity index (χ2v) is 5.32. The molecule has 0 bridgehead atoms. The van der Waals surface area contributed by atoms with Gasteiger partial charge in [-0.05, 0) is 31.5 Å². The van der Waals surface area contributed by atoms with Gasteiger partial charge in [0.05, 0.1) is 11.6 Å². The smallest absolute Gasteiger partial charge is 0.214 e. The van der Waals surface area contributed by atoms with Gasteiger partial charge in [-0.2, -0.15) is 0 Å². The Labute approximate surface area is 125 Å². The van der Waals surface area contributed by atoms with Crippen molar-refractivity contribution in [3.63, 3.8) is 0 Å². The van der Waals surface area contributed by atoms with Crippen LogP contribution in [0, 0.1) is 24.0 Å². The zero-order chi connectivity index (χ0) is 14.9. The van der Waals surface area contributed by atoms with Crippen LogP contribution in [0.2, 0.25) is 10.0 Å². The minimum Gasteiger partial charge on any atom is -0.361 e. The summed E-state index contributed by atoms with van der Waals surface area (Å²) >= 11 is 12.0. The van der Waals surface area contributed by atoms with E-state index in [9.17, 15) is 10.1 Å². The molecule has 1 heterocycles. The fourth-order valence-corrected chi connectivity index (χ4v) is 2.81. The third-order valence-corrected chi connectivity index (χ3v) is 3.67. The second-order valence-electron chi connectivity index (χ2n) is 4.47. The standard InChI is InChI=1S/C13H12Cl2N2O3/c1-7-13(8(2)20-16-7)11(6-17(18)19)10-4-3-9(14)5-12(10)15/h3-5,11H,6H2,1-2H3/t11-/m0/s1. The van der Waals surface area contributed by atoms with E-state index < -0.39 is 5.92 Å². The van der Waals surface area contributed by atoms with E-state index in [1.54, 1.807) is 32.0 Å². The minimum absolute atomic E-state index is 0.287. The van der Waals surface area contributed by atoms with Crippen LogP contribution in [0.5, 0.6) is 0 Å². The number of aromatic nitrogens is 1. The van der Waals surface area contributed by atoms with Crippen molar-refractivity contribution in [1.29, 1.82) is 0 Å². The third kappa shape index (κ3) is 2.94. The van der Waals surface area contributed by atoms with Gasteiger partial charge in [0.15, 0.2) is 0 Å². The van der Waals surface area contributed by atoms with Crippen LogP contribution >= 0.6 is 23.2 Å². The highest BCUT2D eigenvalue weighted by Crippen LogP contribution is 2.35. The van der Waals surface area contributed by atoms with Crippen LogP contribution in [-0.2, 0) is 0 Å². The van der Waals surface area contributed by atoms with Crippen LogP contribution in [0.4, 0.5) is 0 Å². The topological polar surface area (TPSA) is 69.2 Å². The lowest BCUT2D eigenvalue weighted by Gasteiger charge is -2.15. The Morgan fingerprint density at radius 3 is 2.60 bits per heavy atom. The molecule has 1 atom stereocenters. The molecule has 7 heteroatoms. The lowest BCUT2D eigenvalue weighted by atomic mass is 9.90. The fraction of sp³-hybridized carbons (Fsp3) is 0.308. The molecule has 0 aliphatic heterocycles. The Balaban J connectivity index is 2.56. The van der Waals surface area contributed by atoms with E-state index >= 15 is 0 Å². The number of nitro groups is 1. The van der Waals surface area contributed by atoms with Crippen molar-refractivity contribution in [2.45, 2.75) is 19.8 Å². The molecule has 2 rings (SSSR count). The molecule has 0 aliphatic carbocycles. The predicted octanol–water partition coefficient (Wildman–Crippen LogP) is 4.01. The van der Waals surface area contributed by atoms with Crippen molar-refractivity contribution in [1.82, 2.24) is 5.16 Å². The van der Waals surface area contributed by atoms with Gasteiger partial charge < -0.3 is 4.52 Å². The maximum Gasteiger partial charge on any atom is 0.214 e. The van der Waals surface area contributed by atoms with Gasteiger partial charge in [-0.15, -0.1) is 0 Å². The first-order chi connectivity index (χ1) is 9.40. The summed E-state index contributed by atoms with van der Waals surface area (Å²) in [7, 11) is 0. The van der Waals surface area contributed by atoms with Gasteiger partial charge in [0, 0.05) is 20.5 Å². The van der Waals surface area contributed by atoms with Crippen LogP contribution in [0.25, 0.3) is 0 Å². The molecule has 2 aromatic rings. The van der Waals surface area contributed by atoms with E-state index in [0.717, 1.165) is 0 Å². The molecule has 1 aromatic heterocycles. The highest BCUT2D eigenvalue weighted by atomic mass is 35.5. The predicted molar refractivity (Wildman–Crippen MR) is 76.1 cm³/mol. The summed E-state index contributed by atoms with van der Waals surface area (Å²) < 4.78 is 5.10. The van der Waals surface area contributed by atoms with Crippen molar-refractivity contribution in [2.75, 3.05) is 6.54 Å². The first-order valence-corrected chi connectivity index (χ1v) is 6.65. The Morgan fingerprint density at radius 2 is 2.10 bits per heavy atom. The first-order valence-electron chi connectivity index (χ1n) is 5.89. The van der Waals surface area contributed by atoms with E-state index in [4.69, 9.17) is 27.7 Å². The van der Waals surface area contributed by atoms with Gasteiger partial charge >= 0.3 is 0 Å². The lowest BCUT2D eigenvalue weighted by molar-refractivity contribution is -0.481. The molecule has 0 saturated carbocycles. The molecule has 0 fully saturated rings. The van der Waals surface area contributed by atoms with Crippen LogP contribution < -0.4 is 0 Å². The summed E-state index contributed by atoms with van der Waals surface area (Å²) in [5, 5.41) is 15.7. The Bertz CT molecular complexity index is 636. The number of halogens is 2. The lowest BCUT2D eigenvalue weighted by Crippen LogP contribution is -2.15.